The van der Waals surface area contributed by atoms with E-state index in [0.29, 0.717) is 17.7 Å². The molecule has 2 amide bonds. The van der Waals surface area contributed by atoms with E-state index in [1.165, 1.54) is 5.56 Å². The largest absolute Gasteiger partial charge is 0.352 e. The number of unbranched alkanes of at least 4 members (excludes halogenated alkanes) is 1. The fraction of sp³-hybridized carbons (Fsp3) is 0.333. The lowest BCUT2D eigenvalue weighted by Crippen LogP contribution is -2.28. The molecule has 0 saturated heterocycles. The molecule has 0 saturated carbocycles. The summed E-state index contributed by atoms with van der Waals surface area (Å²) in [6.45, 7) is 3.43. The lowest BCUT2D eigenvalue weighted by Gasteiger charge is -2.16. The Balaban J connectivity index is 1.86. The van der Waals surface area contributed by atoms with Crippen LogP contribution in [0.4, 0.5) is 0 Å². The Morgan fingerprint density at radius 3 is 2.24 bits per heavy atom. The van der Waals surface area contributed by atoms with Crippen LogP contribution in [0.25, 0.3) is 0 Å². The summed E-state index contributed by atoms with van der Waals surface area (Å²) in [5.41, 5.74) is 2.37. The Labute approximate surface area is 149 Å². The summed E-state index contributed by atoms with van der Waals surface area (Å²) in [7, 11) is 1.81. The van der Waals surface area contributed by atoms with Gasteiger partial charge in [0.2, 0.25) is 0 Å². The lowest BCUT2D eigenvalue weighted by molar-refractivity contribution is 0.0792. The molecular weight excluding hydrogens is 312 g/mol. The van der Waals surface area contributed by atoms with E-state index in [4.69, 9.17) is 0 Å². The fourth-order valence-corrected chi connectivity index (χ4v) is 2.55. The number of nitrogens with one attached hydrogen (secondary N) is 1. The molecule has 0 bridgehead atoms. The average molecular weight is 338 g/mol. The van der Waals surface area contributed by atoms with Gasteiger partial charge in [-0.15, -0.1) is 0 Å². The van der Waals surface area contributed by atoms with Gasteiger partial charge in [-0.3, -0.25) is 9.59 Å². The molecule has 1 N–H and O–H groups in total. The van der Waals surface area contributed by atoms with Gasteiger partial charge in [0.05, 0.1) is 0 Å². The zero-order chi connectivity index (χ0) is 18.1. The molecule has 0 aliphatic rings. The molecule has 0 radical (unpaired) electrons. The third-order valence-electron chi connectivity index (χ3n) is 4.13. The highest BCUT2D eigenvalue weighted by molar-refractivity contribution is 5.97. The average Bonchev–Trinajstić information content (AvgIpc) is 2.66. The number of carbonyl (C=O) groups is 2. The molecule has 0 spiro atoms. The molecule has 25 heavy (non-hydrogen) atoms. The van der Waals surface area contributed by atoms with Crippen molar-refractivity contribution in [1.29, 1.82) is 0 Å². The van der Waals surface area contributed by atoms with Crippen molar-refractivity contribution in [2.24, 2.45) is 0 Å². The summed E-state index contributed by atoms with van der Waals surface area (Å²) in [5, 5.41) is 2.91. The van der Waals surface area contributed by atoms with E-state index in [0.717, 1.165) is 25.8 Å². The summed E-state index contributed by atoms with van der Waals surface area (Å²) in [4.78, 5) is 26.2. The first-order chi connectivity index (χ1) is 12.1. The molecule has 0 heterocycles. The molecule has 4 nitrogen and oxygen atoms in total. The number of amides is 2. The quantitative estimate of drug-likeness (QED) is 0.800. The van der Waals surface area contributed by atoms with Crippen molar-refractivity contribution in [3.05, 3.63) is 71.3 Å². The highest BCUT2D eigenvalue weighted by atomic mass is 16.2. The zero-order valence-corrected chi connectivity index (χ0v) is 15.0. The summed E-state index contributed by atoms with van der Waals surface area (Å²) in [5.74, 6) is -0.126. The minimum atomic E-state index is -0.116. The van der Waals surface area contributed by atoms with E-state index in [9.17, 15) is 9.59 Å². The van der Waals surface area contributed by atoms with Gasteiger partial charge >= 0.3 is 0 Å². The van der Waals surface area contributed by atoms with Gasteiger partial charge in [-0.1, -0.05) is 43.7 Å². The first-order valence-electron chi connectivity index (χ1n) is 8.79. The van der Waals surface area contributed by atoms with Crippen LogP contribution in [-0.2, 0) is 6.42 Å². The first kappa shape index (κ1) is 18.7. The van der Waals surface area contributed by atoms with Crippen molar-refractivity contribution in [1.82, 2.24) is 10.2 Å². The molecule has 0 fully saturated rings. The van der Waals surface area contributed by atoms with Crippen molar-refractivity contribution in [3.8, 4) is 0 Å². The smallest absolute Gasteiger partial charge is 0.253 e. The molecule has 2 rings (SSSR count). The van der Waals surface area contributed by atoms with Crippen LogP contribution >= 0.6 is 0 Å². The maximum atomic E-state index is 12.3. The van der Waals surface area contributed by atoms with Crippen LogP contribution in [0.5, 0.6) is 0 Å². The van der Waals surface area contributed by atoms with Gasteiger partial charge in [0.25, 0.3) is 11.8 Å². The minimum Gasteiger partial charge on any atom is -0.352 e. The second-order valence-corrected chi connectivity index (χ2v) is 6.15. The summed E-state index contributed by atoms with van der Waals surface area (Å²) >= 11 is 0. The normalized spacial score (nSPS) is 10.3. The van der Waals surface area contributed by atoms with E-state index in [2.05, 4.69) is 12.2 Å². The fourth-order valence-electron chi connectivity index (χ4n) is 2.55. The summed E-state index contributed by atoms with van der Waals surface area (Å²) in [6, 6.07) is 16.9. The maximum absolute atomic E-state index is 12.3. The van der Waals surface area contributed by atoms with Gasteiger partial charge in [0, 0.05) is 31.3 Å². The van der Waals surface area contributed by atoms with E-state index in [-0.39, 0.29) is 11.8 Å². The molecule has 132 valence electrons. The summed E-state index contributed by atoms with van der Waals surface area (Å²) in [6.07, 6.45) is 2.84. The van der Waals surface area contributed by atoms with Crippen molar-refractivity contribution >= 4 is 11.8 Å². The van der Waals surface area contributed by atoms with Crippen LogP contribution in [0.3, 0.4) is 0 Å². The summed E-state index contributed by atoms with van der Waals surface area (Å²) < 4.78 is 0. The van der Waals surface area contributed by atoms with Crippen molar-refractivity contribution < 1.29 is 9.59 Å². The second-order valence-electron chi connectivity index (χ2n) is 6.15. The molecule has 0 aliphatic carbocycles. The Bertz CT molecular complexity index is 681. The van der Waals surface area contributed by atoms with Crippen molar-refractivity contribution in [2.45, 2.75) is 26.2 Å². The Hall–Kier alpha value is -2.62. The number of carbonyl (C=O) groups excluding carboxylic acids is 2. The zero-order valence-electron chi connectivity index (χ0n) is 15.0. The monoisotopic (exact) mass is 338 g/mol. The standard InChI is InChI=1S/C21H26N2O2/c1-3-4-16-23(2)21(25)19-12-10-18(11-13-19)20(24)22-15-14-17-8-6-5-7-9-17/h5-13H,3-4,14-16H2,1-2H3,(H,22,24). The van der Waals surface area contributed by atoms with Gasteiger partial charge < -0.3 is 10.2 Å². The van der Waals surface area contributed by atoms with Gasteiger partial charge in [-0.2, -0.15) is 0 Å². The highest BCUT2D eigenvalue weighted by Gasteiger charge is 2.12. The number of nitrogens with zero attached hydrogens (tertiary/aromatic N) is 1. The molecule has 0 unspecified atom stereocenters. The van der Waals surface area contributed by atoms with Crippen molar-refractivity contribution in [2.75, 3.05) is 20.1 Å². The second kappa shape index (κ2) is 9.62. The van der Waals surface area contributed by atoms with Crippen molar-refractivity contribution in [3.63, 3.8) is 0 Å². The topological polar surface area (TPSA) is 49.4 Å². The van der Waals surface area contributed by atoms with Crippen LogP contribution in [0.15, 0.2) is 54.6 Å². The molecular formula is C21H26N2O2. The minimum absolute atomic E-state index is 0.00974. The number of benzene rings is 2. The van der Waals surface area contributed by atoms with E-state index in [1.807, 2.05) is 37.4 Å². The Morgan fingerprint density at radius 1 is 0.960 bits per heavy atom. The van der Waals surface area contributed by atoms with Gasteiger partial charge in [-0.05, 0) is 42.7 Å². The molecule has 0 atom stereocenters. The Morgan fingerprint density at radius 2 is 1.60 bits per heavy atom. The highest BCUT2D eigenvalue weighted by Crippen LogP contribution is 2.08. The molecule has 4 heteroatoms. The number of rotatable bonds is 8. The van der Waals surface area contributed by atoms with Crippen LogP contribution < -0.4 is 5.32 Å². The van der Waals surface area contributed by atoms with E-state index < -0.39 is 0 Å². The molecule has 2 aromatic carbocycles. The van der Waals surface area contributed by atoms with E-state index in [1.54, 1.807) is 29.2 Å². The lowest BCUT2D eigenvalue weighted by atomic mass is 10.1. The third kappa shape index (κ3) is 5.75. The molecule has 0 aliphatic heterocycles. The SMILES string of the molecule is CCCCN(C)C(=O)c1ccc(C(=O)NCCc2ccccc2)cc1. The van der Waals surface area contributed by atoms with Crippen LogP contribution in [-0.4, -0.2) is 36.9 Å². The van der Waals surface area contributed by atoms with Crippen LogP contribution in [0, 0.1) is 0 Å². The van der Waals surface area contributed by atoms with Gasteiger partial charge in [0.1, 0.15) is 0 Å². The Kier molecular flexibility index (Phi) is 7.20. The third-order valence-corrected chi connectivity index (χ3v) is 4.13. The number of hydrogen-bond acceptors (Lipinski definition) is 2. The maximum Gasteiger partial charge on any atom is 0.253 e. The first-order valence-corrected chi connectivity index (χ1v) is 8.79. The number of hydrogen-bond donors (Lipinski definition) is 1. The molecule has 0 aromatic heterocycles. The predicted molar refractivity (Wildman–Crippen MR) is 101 cm³/mol. The van der Waals surface area contributed by atoms with E-state index >= 15 is 0 Å². The van der Waals surface area contributed by atoms with Crippen LogP contribution in [0.1, 0.15) is 46.0 Å². The van der Waals surface area contributed by atoms with Gasteiger partial charge in [0.15, 0.2) is 0 Å². The van der Waals surface area contributed by atoms with Gasteiger partial charge in [-0.25, -0.2) is 0 Å². The predicted octanol–water partition coefficient (Wildman–Crippen LogP) is 3.53. The van der Waals surface area contributed by atoms with Crippen LogP contribution in [0.2, 0.25) is 0 Å². The molecule has 2 aromatic rings.